The number of hydrogen-bond acceptors (Lipinski definition) is 9. The van der Waals surface area contributed by atoms with Crippen molar-refractivity contribution in [2.24, 2.45) is 0 Å². The van der Waals surface area contributed by atoms with Gasteiger partial charge in [-0.25, -0.2) is 4.79 Å². The summed E-state index contributed by atoms with van der Waals surface area (Å²) in [5.41, 5.74) is 0.815. The van der Waals surface area contributed by atoms with Crippen LogP contribution in [0, 0.1) is 0 Å². The van der Waals surface area contributed by atoms with Gasteiger partial charge in [-0.2, -0.15) is 0 Å². The molecule has 3 aliphatic rings. The molecule has 0 saturated heterocycles. The fraction of sp³-hybridized carbons (Fsp3) is 0.412. The Hall–Kier alpha value is -2.82. The average Bonchev–Trinajstić information content (AvgIpc) is 3.13. The molecule has 27 heavy (non-hydrogen) atoms. The van der Waals surface area contributed by atoms with Gasteiger partial charge in [0.05, 0.1) is 18.7 Å². The minimum Gasteiger partial charge on any atom is -0.477 e. The van der Waals surface area contributed by atoms with E-state index < -0.39 is 42.8 Å². The number of rotatable bonds is 3. The van der Waals surface area contributed by atoms with Crippen molar-refractivity contribution in [2.75, 3.05) is 20.5 Å². The fourth-order valence-corrected chi connectivity index (χ4v) is 3.40. The number of amides is 1. The van der Waals surface area contributed by atoms with Gasteiger partial charge in [0.25, 0.3) is 5.91 Å². The summed E-state index contributed by atoms with van der Waals surface area (Å²) >= 11 is 0. The first-order valence-corrected chi connectivity index (χ1v) is 8.15. The lowest BCUT2D eigenvalue weighted by Crippen LogP contribution is -2.57. The molecule has 144 valence electrons. The zero-order valence-corrected chi connectivity index (χ0v) is 14.2. The number of aliphatic hydroxyl groups excluding tert-OH is 3. The number of esters is 1. The number of nitrogens with one attached hydrogen (secondary N) is 1. The molecule has 0 bridgehead atoms. The van der Waals surface area contributed by atoms with Crippen molar-refractivity contribution in [1.29, 1.82) is 0 Å². The molecule has 4 N–H and O–H groups in total. The molecule has 0 saturated carbocycles. The number of benzene rings is 1. The van der Waals surface area contributed by atoms with Gasteiger partial charge < -0.3 is 39.6 Å². The summed E-state index contributed by atoms with van der Waals surface area (Å²) in [6, 6.07) is 0.620. The van der Waals surface area contributed by atoms with Crippen LogP contribution in [0.5, 0.6) is 17.2 Å². The molecule has 0 aromatic heterocycles. The van der Waals surface area contributed by atoms with E-state index in [0.717, 1.165) is 0 Å². The Morgan fingerprint density at radius 2 is 2.07 bits per heavy atom. The Morgan fingerprint density at radius 3 is 2.81 bits per heavy atom. The number of aliphatic hydroxyl groups is 3. The Kier molecular flexibility index (Phi) is 4.17. The SMILES string of the molecule is COC(=O)COc1c2c(cc3c1C(=O)N[C@@H]1C3=C[C@H](O)[C@@H](O)[C@H]1O)OCO2. The van der Waals surface area contributed by atoms with Crippen molar-refractivity contribution >= 4 is 17.4 Å². The predicted octanol–water partition coefficient (Wildman–Crippen LogP) is -1.44. The fourth-order valence-electron chi connectivity index (χ4n) is 3.40. The summed E-state index contributed by atoms with van der Waals surface area (Å²) in [5, 5.41) is 32.7. The molecule has 4 rings (SSSR count). The zero-order valence-electron chi connectivity index (χ0n) is 14.2. The van der Waals surface area contributed by atoms with E-state index in [9.17, 15) is 24.9 Å². The van der Waals surface area contributed by atoms with E-state index >= 15 is 0 Å². The molecular formula is C17H17NO9. The van der Waals surface area contributed by atoms with Gasteiger partial charge in [-0.3, -0.25) is 4.79 Å². The van der Waals surface area contributed by atoms with Crippen molar-refractivity contribution in [2.45, 2.75) is 24.4 Å². The molecule has 0 fully saturated rings. The van der Waals surface area contributed by atoms with Crippen LogP contribution in [0.3, 0.4) is 0 Å². The lowest BCUT2D eigenvalue weighted by Gasteiger charge is -2.39. The summed E-state index contributed by atoms with van der Waals surface area (Å²) in [6.07, 6.45) is -2.81. The van der Waals surface area contributed by atoms with Crippen molar-refractivity contribution in [3.8, 4) is 17.2 Å². The van der Waals surface area contributed by atoms with E-state index in [4.69, 9.17) is 14.2 Å². The summed E-state index contributed by atoms with van der Waals surface area (Å²) in [5.74, 6) is -0.785. The van der Waals surface area contributed by atoms with Crippen LogP contribution in [0.15, 0.2) is 12.1 Å². The highest BCUT2D eigenvalue weighted by Gasteiger charge is 2.45. The first kappa shape index (κ1) is 17.6. The maximum atomic E-state index is 12.7. The highest BCUT2D eigenvalue weighted by atomic mass is 16.7. The second kappa shape index (κ2) is 6.41. The van der Waals surface area contributed by atoms with Gasteiger partial charge in [0.2, 0.25) is 12.5 Å². The van der Waals surface area contributed by atoms with Crippen molar-refractivity contribution < 1.29 is 43.9 Å². The number of hydrogen-bond donors (Lipinski definition) is 4. The average molecular weight is 379 g/mol. The number of fused-ring (bicyclic) bond motifs is 4. The van der Waals surface area contributed by atoms with E-state index in [1.165, 1.54) is 19.3 Å². The van der Waals surface area contributed by atoms with Gasteiger partial charge in [-0.1, -0.05) is 0 Å². The number of ether oxygens (including phenoxy) is 4. The van der Waals surface area contributed by atoms with Crippen LogP contribution in [-0.2, 0) is 9.53 Å². The summed E-state index contributed by atoms with van der Waals surface area (Å²) in [6.45, 7) is -0.552. The van der Waals surface area contributed by atoms with Gasteiger partial charge in [-0.05, 0) is 17.7 Å². The molecule has 0 unspecified atom stereocenters. The van der Waals surface area contributed by atoms with Gasteiger partial charge in [0.15, 0.2) is 18.1 Å². The third-order valence-corrected chi connectivity index (χ3v) is 4.73. The highest BCUT2D eigenvalue weighted by molar-refractivity contribution is 6.07. The van der Waals surface area contributed by atoms with Crippen molar-refractivity contribution in [3.05, 3.63) is 23.3 Å². The zero-order chi connectivity index (χ0) is 19.3. The van der Waals surface area contributed by atoms with E-state index in [2.05, 4.69) is 10.1 Å². The molecule has 2 heterocycles. The first-order valence-electron chi connectivity index (χ1n) is 8.15. The Bertz CT molecular complexity index is 849. The second-order valence-corrected chi connectivity index (χ2v) is 6.27. The summed E-state index contributed by atoms with van der Waals surface area (Å²) < 4.78 is 20.8. The molecular weight excluding hydrogens is 362 g/mol. The van der Waals surface area contributed by atoms with Crippen LogP contribution < -0.4 is 19.5 Å². The van der Waals surface area contributed by atoms with Crippen molar-refractivity contribution in [1.82, 2.24) is 5.32 Å². The molecule has 1 aromatic carbocycles. The highest BCUT2D eigenvalue weighted by Crippen LogP contribution is 2.49. The maximum Gasteiger partial charge on any atom is 0.343 e. The molecule has 10 heteroatoms. The molecule has 0 radical (unpaired) electrons. The van der Waals surface area contributed by atoms with Crippen LogP contribution in [0.2, 0.25) is 0 Å². The number of methoxy groups -OCH3 is 1. The minimum absolute atomic E-state index is 0.00245. The molecule has 0 spiro atoms. The van der Waals surface area contributed by atoms with Gasteiger partial charge in [-0.15, -0.1) is 0 Å². The van der Waals surface area contributed by atoms with E-state index in [1.54, 1.807) is 0 Å². The van der Waals surface area contributed by atoms with E-state index in [0.29, 0.717) is 11.1 Å². The van der Waals surface area contributed by atoms with Gasteiger partial charge in [0, 0.05) is 5.56 Å². The Labute approximate surface area is 152 Å². The topological polar surface area (TPSA) is 144 Å². The molecule has 2 aliphatic heterocycles. The van der Waals surface area contributed by atoms with E-state index in [-0.39, 0.29) is 29.6 Å². The largest absolute Gasteiger partial charge is 0.477 e. The van der Waals surface area contributed by atoms with Gasteiger partial charge in [0.1, 0.15) is 18.3 Å². The summed E-state index contributed by atoms with van der Waals surface area (Å²) in [7, 11) is 1.20. The monoisotopic (exact) mass is 379 g/mol. The Morgan fingerprint density at radius 1 is 1.30 bits per heavy atom. The smallest absolute Gasteiger partial charge is 0.343 e. The van der Waals surface area contributed by atoms with Crippen LogP contribution in [0.25, 0.3) is 5.57 Å². The van der Waals surface area contributed by atoms with Crippen LogP contribution in [0.4, 0.5) is 0 Å². The number of carbonyl (C=O) groups is 2. The quantitative estimate of drug-likeness (QED) is 0.464. The lowest BCUT2D eigenvalue weighted by molar-refractivity contribution is -0.142. The lowest BCUT2D eigenvalue weighted by atomic mass is 9.79. The van der Waals surface area contributed by atoms with Gasteiger partial charge >= 0.3 is 5.97 Å². The third kappa shape index (κ3) is 2.69. The van der Waals surface area contributed by atoms with Crippen LogP contribution >= 0.6 is 0 Å². The van der Waals surface area contributed by atoms with Crippen LogP contribution in [0.1, 0.15) is 15.9 Å². The molecule has 1 aromatic rings. The van der Waals surface area contributed by atoms with Crippen LogP contribution in [-0.4, -0.2) is 72.1 Å². The molecule has 10 nitrogen and oxygen atoms in total. The third-order valence-electron chi connectivity index (χ3n) is 4.73. The number of carbonyl (C=O) groups excluding carboxylic acids is 2. The predicted molar refractivity (Wildman–Crippen MR) is 87.3 cm³/mol. The maximum absolute atomic E-state index is 12.7. The van der Waals surface area contributed by atoms with E-state index in [1.807, 2.05) is 0 Å². The standard InChI is InChI=1S/C17H17NO9/c1-24-10(20)4-25-16-11-6(3-9-15(16)27-5-26-9)7-2-8(19)13(21)14(22)12(7)18-17(11)23/h2-3,8,12-14,19,21-22H,4-5H2,1H3,(H,18,23)/t8-,12+,13+,14-/m0/s1. The minimum atomic E-state index is -1.44. The second-order valence-electron chi connectivity index (χ2n) is 6.27. The summed E-state index contributed by atoms with van der Waals surface area (Å²) in [4.78, 5) is 24.2. The molecule has 1 aliphatic carbocycles. The first-order chi connectivity index (χ1) is 12.9. The van der Waals surface area contributed by atoms with Crippen molar-refractivity contribution in [3.63, 3.8) is 0 Å². The normalized spacial score (nSPS) is 27.9. The Balaban J connectivity index is 1.86. The molecule has 1 amide bonds. The molecule has 4 atom stereocenters.